The lowest BCUT2D eigenvalue weighted by molar-refractivity contribution is 0.0696. The van der Waals surface area contributed by atoms with E-state index in [4.69, 9.17) is 10.00 Å². The smallest absolute Gasteiger partial charge is 0.335 e. The Labute approximate surface area is 260 Å². The fourth-order valence-corrected chi connectivity index (χ4v) is 5.18. The molecule has 0 fully saturated rings. The first kappa shape index (κ1) is 30.1. The van der Waals surface area contributed by atoms with Crippen LogP contribution in [0.3, 0.4) is 0 Å². The van der Waals surface area contributed by atoms with Gasteiger partial charge in [0.05, 0.1) is 47.0 Å². The highest BCUT2D eigenvalue weighted by atomic mass is 19.1. The van der Waals surface area contributed by atoms with E-state index >= 15 is 8.78 Å². The molecule has 9 nitrogen and oxygen atoms in total. The van der Waals surface area contributed by atoms with Gasteiger partial charge in [-0.1, -0.05) is 18.2 Å². The van der Waals surface area contributed by atoms with E-state index in [9.17, 15) is 14.3 Å². The molecule has 0 atom stereocenters. The summed E-state index contributed by atoms with van der Waals surface area (Å²) in [7, 11) is 0. The lowest BCUT2D eigenvalue weighted by Crippen LogP contribution is -2.10. The van der Waals surface area contributed by atoms with Gasteiger partial charge in [-0.3, -0.25) is 0 Å². The number of fused-ring (bicyclic) bond motifs is 1. The maximum absolute atomic E-state index is 15.5. The Morgan fingerprint density at radius 1 is 1.00 bits per heavy atom. The van der Waals surface area contributed by atoms with Gasteiger partial charge in [0, 0.05) is 36.4 Å². The fourth-order valence-electron chi connectivity index (χ4n) is 5.18. The summed E-state index contributed by atoms with van der Waals surface area (Å²) in [4.78, 5) is 24.7. The topological polar surface area (TPSA) is 119 Å². The third kappa shape index (κ3) is 6.03. The van der Waals surface area contributed by atoms with Crippen molar-refractivity contribution < 1.29 is 27.8 Å². The Hall–Kier alpha value is -5.96. The number of aromatic nitrogens is 5. The molecular weight excluding hydrogens is 597 g/mol. The molecule has 0 aliphatic carbocycles. The number of halogens is 3. The van der Waals surface area contributed by atoms with Crippen LogP contribution in [0.2, 0.25) is 0 Å². The quantitative estimate of drug-likeness (QED) is 0.185. The van der Waals surface area contributed by atoms with Crippen LogP contribution in [0.1, 0.15) is 45.5 Å². The number of pyridine rings is 1. The Morgan fingerprint density at radius 3 is 2.59 bits per heavy atom. The highest BCUT2D eigenvalue weighted by Gasteiger charge is 2.20. The van der Waals surface area contributed by atoms with Crippen molar-refractivity contribution in [2.75, 3.05) is 0 Å². The van der Waals surface area contributed by atoms with E-state index in [1.165, 1.54) is 24.3 Å². The first-order chi connectivity index (χ1) is 22.2. The van der Waals surface area contributed by atoms with Crippen LogP contribution in [0, 0.1) is 28.8 Å². The van der Waals surface area contributed by atoms with Crippen LogP contribution in [-0.4, -0.2) is 35.2 Å². The summed E-state index contributed by atoms with van der Waals surface area (Å²) < 4.78 is 54.1. The average molecular weight is 623 g/mol. The molecule has 0 saturated heterocycles. The number of rotatable bonds is 10. The molecule has 0 spiro atoms. The van der Waals surface area contributed by atoms with Gasteiger partial charge in [0.25, 0.3) is 0 Å². The van der Waals surface area contributed by atoms with E-state index in [2.05, 4.69) is 15.0 Å². The largest absolute Gasteiger partial charge is 0.478 e. The Balaban J connectivity index is 1.28. The number of imidazole rings is 2. The highest BCUT2D eigenvalue weighted by molar-refractivity contribution is 5.92. The number of benzene rings is 3. The standard InChI is InChI=1S/C34H25F3N6O3/c1-2-42-19-39-16-24(42)17-43-30-14-23(34(44)45)13-28(37)33(30)41-31(43)12-20-7-9-25(27(36)10-20)29-4-3-5-32(40-29)46-18-22-8-6-21(15-38)11-26(22)35/h3-11,13-14,16,19H,2,12,17-18H2,1H3,(H,44,45). The van der Waals surface area contributed by atoms with Crippen molar-refractivity contribution in [1.29, 1.82) is 5.26 Å². The van der Waals surface area contributed by atoms with Crippen LogP contribution in [0.15, 0.2) is 79.3 Å². The van der Waals surface area contributed by atoms with Crippen LogP contribution >= 0.6 is 0 Å². The van der Waals surface area contributed by atoms with Crippen molar-refractivity contribution in [1.82, 2.24) is 24.1 Å². The second-order valence-electron chi connectivity index (χ2n) is 10.5. The molecule has 0 aliphatic rings. The Kier molecular flexibility index (Phi) is 8.22. The molecule has 230 valence electrons. The van der Waals surface area contributed by atoms with E-state index in [0.717, 1.165) is 17.8 Å². The third-order valence-corrected chi connectivity index (χ3v) is 7.55. The zero-order valence-electron chi connectivity index (χ0n) is 24.4. The number of aryl methyl sites for hydroxylation is 1. The number of ether oxygens (including phenoxy) is 1. The monoisotopic (exact) mass is 622 g/mol. The fraction of sp³-hybridized carbons (Fsp3) is 0.147. The minimum atomic E-state index is -1.27. The molecular formula is C34H25F3N6O3. The van der Waals surface area contributed by atoms with Crippen LogP contribution in [0.4, 0.5) is 13.2 Å². The predicted octanol–water partition coefficient (Wildman–Crippen LogP) is 6.52. The van der Waals surface area contributed by atoms with Gasteiger partial charge >= 0.3 is 5.97 Å². The number of nitrogens with zero attached hydrogens (tertiary/aromatic N) is 6. The number of carboxylic acids is 1. The van der Waals surface area contributed by atoms with E-state index < -0.39 is 23.4 Å². The SMILES string of the molecule is CCn1cncc1Cn1c(Cc2ccc(-c3cccc(OCc4ccc(C#N)cc4F)n3)c(F)c2)nc2c(F)cc(C(=O)O)cc21. The molecule has 3 aromatic heterocycles. The molecule has 46 heavy (non-hydrogen) atoms. The number of carbonyl (C=O) groups is 1. The molecule has 1 N–H and O–H groups in total. The van der Waals surface area contributed by atoms with E-state index in [1.54, 1.807) is 47.4 Å². The minimum Gasteiger partial charge on any atom is -0.478 e. The number of carboxylic acid groups (broad SMARTS) is 1. The van der Waals surface area contributed by atoms with Crippen molar-refractivity contribution in [3.63, 3.8) is 0 Å². The van der Waals surface area contributed by atoms with Gasteiger partial charge < -0.3 is 19.0 Å². The van der Waals surface area contributed by atoms with Gasteiger partial charge in [0.2, 0.25) is 5.88 Å². The first-order valence-electron chi connectivity index (χ1n) is 14.2. The molecule has 0 amide bonds. The van der Waals surface area contributed by atoms with Crippen molar-refractivity contribution in [3.8, 4) is 23.2 Å². The normalized spacial score (nSPS) is 11.1. The summed E-state index contributed by atoms with van der Waals surface area (Å²) in [5, 5.41) is 18.5. The summed E-state index contributed by atoms with van der Waals surface area (Å²) in [5.74, 6) is -2.60. The second-order valence-corrected chi connectivity index (χ2v) is 10.5. The molecule has 3 aromatic carbocycles. The number of hydrogen-bond donors (Lipinski definition) is 1. The van der Waals surface area contributed by atoms with Crippen LogP contribution in [0.25, 0.3) is 22.3 Å². The first-order valence-corrected chi connectivity index (χ1v) is 14.2. The molecule has 6 aromatic rings. The van der Waals surface area contributed by atoms with Crippen molar-refractivity contribution >= 4 is 17.0 Å². The van der Waals surface area contributed by atoms with Crippen LogP contribution in [0.5, 0.6) is 5.88 Å². The van der Waals surface area contributed by atoms with Crippen LogP contribution < -0.4 is 4.74 Å². The van der Waals surface area contributed by atoms with E-state index in [-0.39, 0.29) is 53.2 Å². The van der Waals surface area contributed by atoms with Gasteiger partial charge in [-0.2, -0.15) is 5.26 Å². The maximum Gasteiger partial charge on any atom is 0.335 e. The maximum atomic E-state index is 15.5. The van der Waals surface area contributed by atoms with Gasteiger partial charge in [0.1, 0.15) is 29.6 Å². The zero-order chi connectivity index (χ0) is 32.4. The molecule has 0 bridgehead atoms. The molecule has 12 heteroatoms. The molecule has 0 unspecified atom stereocenters. The number of aromatic carboxylic acids is 1. The minimum absolute atomic E-state index is 0.0153. The second kappa shape index (κ2) is 12.6. The molecule has 6 rings (SSSR count). The number of nitriles is 1. The summed E-state index contributed by atoms with van der Waals surface area (Å²) in [6.45, 7) is 2.71. The number of hydrogen-bond acceptors (Lipinski definition) is 6. The van der Waals surface area contributed by atoms with Gasteiger partial charge in [-0.25, -0.2) is 32.9 Å². The van der Waals surface area contributed by atoms with Crippen LogP contribution in [-0.2, 0) is 26.1 Å². The van der Waals surface area contributed by atoms with Gasteiger partial charge in [0.15, 0.2) is 5.82 Å². The summed E-state index contributed by atoms with van der Waals surface area (Å²) >= 11 is 0. The highest BCUT2D eigenvalue weighted by Crippen LogP contribution is 2.28. The average Bonchev–Trinajstić information content (AvgIpc) is 3.65. The van der Waals surface area contributed by atoms with E-state index in [1.807, 2.05) is 17.6 Å². The van der Waals surface area contributed by atoms with Gasteiger partial charge in [-0.05, 0) is 55.0 Å². The Morgan fingerprint density at radius 2 is 1.85 bits per heavy atom. The molecule has 3 heterocycles. The van der Waals surface area contributed by atoms with E-state index in [0.29, 0.717) is 29.1 Å². The summed E-state index contributed by atoms with van der Waals surface area (Å²) in [5.41, 5.74) is 2.40. The van der Waals surface area contributed by atoms with Crippen molar-refractivity contribution in [3.05, 3.63) is 130 Å². The third-order valence-electron chi connectivity index (χ3n) is 7.55. The molecule has 0 radical (unpaired) electrons. The van der Waals surface area contributed by atoms with Crippen molar-refractivity contribution in [2.24, 2.45) is 0 Å². The molecule has 0 aliphatic heterocycles. The summed E-state index contributed by atoms with van der Waals surface area (Å²) in [6.07, 6.45) is 3.47. The predicted molar refractivity (Wildman–Crippen MR) is 162 cm³/mol. The van der Waals surface area contributed by atoms with Crippen molar-refractivity contribution in [2.45, 2.75) is 33.0 Å². The summed E-state index contributed by atoms with van der Waals surface area (Å²) in [6, 6.07) is 17.7. The van der Waals surface area contributed by atoms with Gasteiger partial charge in [-0.15, -0.1) is 0 Å². The zero-order valence-corrected chi connectivity index (χ0v) is 24.4. The lowest BCUT2D eigenvalue weighted by Gasteiger charge is -2.12. The molecule has 0 saturated carbocycles. The Bertz CT molecular complexity index is 2150. The lowest BCUT2D eigenvalue weighted by atomic mass is 10.1.